The zero-order chi connectivity index (χ0) is 14.6. The standard InChI is InChI=1S/C16H30N2O2/c1-13-10-14(12-16(2,3)11-13)17-5-4-15(19)18-6-8-20-9-7-18/h13-14,17H,4-12H2,1-3H3. The quantitative estimate of drug-likeness (QED) is 0.858. The molecule has 0 bridgehead atoms. The Morgan fingerprint density at radius 1 is 1.30 bits per heavy atom. The number of rotatable bonds is 4. The van der Waals surface area contributed by atoms with Gasteiger partial charge in [-0.3, -0.25) is 4.79 Å². The monoisotopic (exact) mass is 282 g/mol. The highest BCUT2D eigenvalue weighted by Crippen LogP contribution is 2.38. The molecule has 0 radical (unpaired) electrons. The lowest BCUT2D eigenvalue weighted by molar-refractivity contribution is -0.135. The predicted molar refractivity (Wildman–Crippen MR) is 80.6 cm³/mol. The molecule has 1 N–H and O–H groups in total. The molecule has 4 nitrogen and oxygen atoms in total. The molecule has 0 aromatic heterocycles. The Bertz CT molecular complexity index is 324. The molecule has 0 aromatic rings. The fourth-order valence-corrected chi connectivity index (χ4v) is 3.86. The first-order valence-corrected chi connectivity index (χ1v) is 8.05. The number of nitrogens with zero attached hydrogens (tertiary/aromatic N) is 1. The van der Waals surface area contributed by atoms with E-state index in [2.05, 4.69) is 26.1 Å². The lowest BCUT2D eigenvalue weighted by atomic mass is 9.70. The Morgan fingerprint density at radius 3 is 2.65 bits per heavy atom. The van der Waals surface area contributed by atoms with Crippen molar-refractivity contribution in [1.82, 2.24) is 10.2 Å². The van der Waals surface area contributed by atoms with E-state index in [1.54, 1.807) is 0 Å². The summed E-state index contributed by atoms with van der Waals surface area (Å²) in [5.41, 5.74) is 0.434. The summed E-state index contributed by atoms with van der Waals surface area (Å²) >= 11 is 0. The van der Waals surface area contributed by atoms with E-state index in [1.165, 1.54) is 19.3 Å². The van der Waals surface area contributed by atoms with Crippen molar-refractivity contribution < 1.29 is 9.53 Å². The largest absolute Gasteiger partial charge is 0.378 e. The molecule has 2 unspecified atom stereocenters. The molecule has 2 rings (SSSR count). The normalized spacial score (nSPS) is 30.2. The third kappa shape index (κ3) is 4.74. The Hall–Kier alpha value is -0.610. The van der Waals surface area contributed by atoms with E-state index in [0.717, 1.165) is 25.6 Å². The van der Waals surface area contributed by atoms with Crippen molar-refractivity contribution in [3.05, 3.63) is 0 Å². The summed E-state index contributed by atoms with van der Waals surface area (Å²) in [7, 11) is 0. The second kappa shape index (κ2) is 6.90. The topological polar surface area (TPSA) is 41.6 Å². The summed E-state index contributed by atoms with van der Waals surface area (Å²) < 4.78 is 5.27. The number of hydrogen-bond acceptors (Lipinski definition) is 3. The van der Waals surface area contributed by atoms with Crippen LogP contribution in [-0.2, 0) is 9.53 Å². The van der Waals surface area contributed by atoms with Crippen LogP contribution < -0.4 is 5.32 Å². The summed E-state index contributed by atoms with van der Waals surface area (Å²) in [4.78, 5) is 14.0. The van der Waals surface area contributed by atoms with Gasteiger partial charge in [0.15, 0.2) is 0 Å². The van der Waals surface area contributed by atoms with Crippen molar-refractivity contribution in [2.45, 2.75) is 52.5 Å². The van der Waals surface area contributed by atoms with Crippen molar-refractivity contribution in [2.24, 2.45) is 11.3 Å². The summed E-state index contributed by atoms with van der Waals surface area (Å²) in [6.07, 6.45) is 4.40. The third-order valence-corrected chi connectivity index (χ3v) is 4.52. The number of morpholine rings is 1. The van der Waals surface area contributed by atoms with Crippen LogP contribution in [0.15, 0.2) is 0 Å². The van der Waals surface area contributed by atoms with Crippen molar-refractivity contribution in [3.63, 3.8) is 0 Å². The lowest BCUT2D eigenvalue weighted by Crippen LogP contribution is -2.44. The van der Waals surface area contributed by atoms with E-state index >= 15 is 0 Å². The zero-order valence-electron chi connectivity index (χ0n) is 13.3. The minimum atomic E-state index is 0.268. The first-order valence-electron chi connectivity index (χ1n) is 8.05. The summed E-state index contributed by atoms with van der Waals surface area (Å²) in [5.74, 6) is 1.05. The molecule has 1 saturated heterocycles. The average Bonchev–Trinajstić information content (AvgIpc) is 2.37. The molecule has 1 saturated carbocycles. The van der Waals surface area contributed by atoms with Crippen LogP contribution in [-0.4, -0.2) is 49.7 Å². The maximum absolute atomic E-state index is 12.1. The van der Waals surface area contributed by atoms with Crippen LogP contribution in [0.1, 0.15) is 46.5 Å². The Morgan fingerprint density at radius 2 is 2.00 bits per heavy atom. The van der Waals surface area contributed by atoms with E-state index in [4.69, 9.17) is 4.74 Å². The summed E-state index contributed by atoms with van der Waals surface area (Å²) in [6, 6.07) is 0.575. The maximum Gasteiger partial charge on any atom is 0.224 e. The fraction of sp³-hybridized carbons (Fsp3) is 0.938. The SMILES string of the molecule is CC1CC(NCCC(=O)N2CCOCC2)CC(C)(C)C1. The molecule has 1 aliphatic carbocycles. The van der Waals surface area contributed by atoms with E-state index in [0.29, 0.717) is 31.1 Å². The number of nitrogens with one attached hydrogen (secondary N) is 1. The second-order valence-electron chi connectivity index (χ2n) is 7.31. The van der Waals surface area contributed by atoms with Gasteiger partial charge in [-0.15, -0.1) is 0 Å². The molecule has 2 atom stereocenters. The third-order valence-electron chi connectivity index (χ3n) is 4.52. The zero-order valence-corrected chi connectivity index (χ0v) is 13.3. The molecule has 2 fully saturated rings. The lowest BCUT2D eigenvalue weighted by Gasteiger charge is -2.39. The summed E-state index contributed by atoms with van der Waals surface area (Å²) in [5, 5.41) is 3.60. The van der Waals surface area contributed by atoms with Crippen LogP contribution in [0, 0.1) is 11.3 Å². The highest BCUT2D eigenvalue weighted by Gasteiger charge is 2.31. The van der Waals surface area contributed by atoms with Gasteiger partial charge in [0.2, 0.25) is 5.91 Å². The Labute approximate surface area is 123 Å². The van der Waals surface area contributed by atoms with Gasteiger partial charge in [-0.2, -0.15) is 0 Å². The molecule has 2 aliphatic rings. The molecular weight excluding hydrogens is 252 g/mol. The van der Waals surface area contributed by atoms with Crippen molar-refractivity contribution in [2.75, 3.05) is 32.8 Å². The van der Waals surface area contributed by atoms with Crippen LogP contribution in [0.3, 0.4) is 0 Å². The van der Waals surface area contributed by atoms with Crippen LogP contribution in [0.5, 0.6) is 0 Å². The van der Waals surface area contributed by atoms with Crippen molar-refractivity contribution in [1.29, 1.82) is 0 Å². The highest BCUT2D eigenvalue weighted by molar-refractivity contribution is 5.76. The maximum atomic E-state index is 12.1. The molecule has 4 heteroatoms. The first kappa shape index (κ1) is 15.8. The second-order valence-corrected chi connectivity index (χ2v) is 7.31. The van der Waals surface area contributed by atoms with Gasteiger partial charge in [0.05, 0.1) is 13.2 Å². The van der Waals surface area contributed by atoms with Crippen LogP contribution in [0.2, 0.25) is 0 Å². The van der Waals surface area contributed by atoms with E-state index < -0.39 is 0 Å². The predicted octanol–water partition coefficient (Wildman–Crippen LogP) is 2.04. The highest BCUT2D eigenvalue weighted by atomic mass is 16.5. The molecule has 0 aromatic carbocycles. The molecule has 1 heterocycles. The van der Waals surface area contributed by atoms with E-state index in [1.807, 2.05) is 4.90 Å². The molecule has 20 heavy (non-hydrogen) atoms. The minimum Gasteiger partial charge on any atom is -0.378 e. The van der Waals surface area contributed by atoms with Gasteiger partial charge >= 0.3 is 0 Å². The molecule has 1 amide bonds. The molecule has 0 spiro atoms. The smallest absolute Gasteiger partial charge is 0.224 e. The molecule has 116 valence electrons. The van der Waals surface area contributed by atoms with Crippen molar-refractivity contribution >= 4 is 5.91 Å². The van der Waals surface area contributed by atoms with Crippen LogP contribution >= 0.6 is 0 Å². The number of ether oxygens (including phenoxy) is 1. The van der Waals surface area contributed by atoms with Crippen LogP contribution in [0.25, 0.3) is 0 Å². The van der Waals surface area contributed by atoms with E-state index in [-0.39, 0.29) is 5.91 Å². The number of carbonyl (C=O) groups excluding carboxylic acids is 1. The van der Waals surface area contributed by atoms with Gasteiger partial charge in [-0.05, 0) is 30.6 Å². The van der Waals surface area contributed by atoms with Crippen molar-refractivity contribution in [3.8, 4) is 0 Å². The van der Waals surface area contributed by atoms with Gasteiger partial charge in [0.25, 0.3) is 0 Å². The van der Waals surface area contributed by atoms with Gasteiger partial charge < -0.3 is 15.0 Å². The summed E-state index contributed by atoms with van der Waals surface area (Å²) in [6.45, 7) is 10.8. The fourth-order valence-electron chi connectivity index (χ4n) is 3.86. The van der Waals surface area contributed by atoms with Gasteiger partial charge in [-0.25, -0.2) is 0 Å². The number of amides is 1. The Balaban J connectivity index is 1.68. The van der Waals surface area contributed by atoms with Crippen LogP contribution in [0.4, 0.5) is 0 Å². The molecular formula is C16H30N2O2. The minimum absolute atomic E-state index is 0.268. The van der Waals surface area contributed by atoms with Gasteiger partial charge in [0, 0.05) is 32.1 Å². The first-order chi connectivity index (χ1) is 9.46. The van der Waals surface area contributed by atoms with Gasteiger partial charge in [-0.1, -0.05) is 20.8 Å². The van der Waals surface area contributed by atoms with E-state index in [9.17, 15) is 4.79 Å². The number of carbonyl (C=O) groups is 1. The van der Waals surface area contributed by atoms with Gasteiger partial charge in [0.1, 0.15) is 0 Å². The molecule has 1 aliphatic heterocycles. The number of hydrogen-bond donors (Lipinski definition) is 1. The average molecular weight is 282 g/mol. The Kier molecular flexibility index (Phi) is 5.44.